The highest BCUT2D eigenvalue weighted by Gasteiger charge is 2.18. The molecule has 3 nitrogen and oxygen atoms in total. The molecule has 58 valence electrons. The SMILES string of the molecule is C#CC(=O)N1CCC(=O)CC1. The summed E-state index contributed by atoms with van der Waals surface area (Å²) in [6.07, 6.45) is 5.82. The third-order valence-electron chi connectivity index (χ3n) is 1.73. The van der Waals surface area contributed by atoms with E-state index in [1.54, 1.807) is 0 Å². The highest BCUT2D eigenvalue weighted by Crippen LogP contribution is 2.04. The minimum absolute atomic E-state index is 0.214. The molecule has 0 aromatic heterocycles. The summed E-state index contributed by atoms with van der Waals surface area (Å²) < 4.78 is 0. The molecule has 0 unspecified atom stereocenters. The van der Waals surface area contributed by atoms with Gasteiger partial charge in [0.05, 0.1) is 0 Å². The zero-order chi connectivity index (χ0) is 8.27. The molecule has 0 aliphatic carbocycles. The molecule has 1 aliphatic heterocycles. The number of carbonyl (C=O) groups is 2. The van der Waals surface area contributed by atoms with Crippen LogP contribution in [-0.2, 0) is 9.59 Å². The lowest BCUT2D eigenvalue weighted by molar-refractivity contribution is -0.129. The number of hydrogen-bond acceptors (Lipinski definition) is 2. The van der Waals surface area contributed by atoms with Crippen LogP contribution in [0.15, 0.2) is 0 Å². The average molecular weight is 151 g/mol. The third-order valence-corrected chi connectivity index (χ3v) is 1.73. The Balaban J connectivity index is 2.47. The van der Waals surface area contributed by atoms with E-state index in [9.17, 15) is 9.59 Å². The summed E-state index contributed by atoms with van der Waals surface area (Å²) in [5, 5.41) is 0. The maximum atomic E-state index is 10.9. The molecule has 1 aliphatic rings. The minimum Gasteiger partial charge on any atom is -0.331 e. The van der Waals surface area contributed by atoms with Crippen LogP contribution in [0.4, 0.5) is 0 Å². The van der Waals surface area contributed by atoms with Crippen LogP contribution in [0.5, 0.6) is 0 Å². The Bertz CT molecular complexity index is 217. The van der Waals surface area contributed by atoms with E-state index in [0.717, 1.165) is 0 Å². The monoisotopic (exact) mass is 151 g/mol. The number of carbonyl (C=O) groups excluding carboxylic acids is 2. The van der Waals surface area contributed by atoms with E-state index in [-0.39, 0.29) is 11.7 Å². The van der Waals surface area contributed by atoms with Crippen LogP contribution in [0, 0.1) is 12.3 Å². The molecule has 3 heteroatoms. The van der Waals surface area contributed by atoms with E-state index in [0.29, 0.717) is 25.9 Å². The fraction of sp³-hybridized carbons (Fsp3) is 0.500. The van der Waals surface area contributed by atoms with E-state index in [2.05, 4.69) is 0 Å². The smallest absolute Gasteiger partial charge is 0.298 e. The summed E-state index contributed by atoms with van der Waals surface area (Å²) in [7, 11) is 0. The molecule has 1 heterocycles. The first kappa shape index (κ1) is 7.80. The Morgan fingerprint density at radius 1 is 1.45 bits per heavy atom. The Kier molecular flexibility index (Phi) is 2.27. The molecule has 0 N–H and O–H groups in total. The van der Waals surface area contributed by atoms with Crippen molar-refractivity contribution in [1.82, 2.24) is 4.90 Å². The van der Waals surface area contributed by atoms with Gasteiger partial charge in [-0.25, -0.2) is 0 Å². The first-order valence-electron chi connectivity index (χ1n) is 3.51. The molecule has 0 aromatic rings. The van der Waals surface area contributed by atoms with Crippen LogP contribution in [0.25, 0.3) is 0 Å². The van der Waals surface area contributed by atoms with Gasteiger partial charge in [0.1, 0.15) is 5.78 Å². The van der Waals surface area contributed by atoms with Gasteiger partial charge in [0.25, 0.3) is 5.91 Å². The van der Waals surface area contributed by atoms with Crippen LogP contribution in [0.1, 0.15) is 12.8 Å². The molecule has 0 bridgehead atoms. The van der Waals surface area contributed by atoms with Gasteiger partial charge in [-0.2, -0.15) is 0 Å². The second-order valence-corrected chi connectivity index (χ2v) is 2.48. The van der Waals surface area contributed by atoms with Gasteiger partial charge in [-0.05, 0) is 5.92 Å². The van der Waals surface area contributed by atoms with Crippen molar-refractivity contribution >= 4 is 11.7 Å². The lowest BCUT2D eigenvalue weighted by Gasteiger charge is -2.23. The number of nitrogens with zero attached hydrogens (tertiary/aromatic N) is 1. The first-order valence-corrected chi connectivity index (χ1v) is 3.51. The van der Waals surface area contributed by atoms with Crippen molar-refractivity contribution in [2.45, 2.75) is 12.8 Å². The number of rotatable bonds is 0. The van der Waals surface area contributed by atoms with Crippen LogP contribution in [0.3, 0.4) is 0 Å². The maximum Gasteiger partial charge on any atom is 0.298 e. The van der Waals surface area contributed by atoms with Crippen molar-refractivity contribution in [3.63, 3.8) is 0 Å². The van der Waals surface area contributed by atoms with Gasteiger partial charge in [-0.15, -0.1) is 6.42 Å². The zero-order valence-corrected chi connectivity index (χ0v) is 6.17. The molecular weight excluding hydrogens is 142 g/mol. The molecule has 1 saturated heterocycles. The Hall–Kier alpha value is -1.30. The molecule has 0 aromatic carbocycles. The topological polar surface area (TPSA) is 37.4 Å². The number of ketones is 1. The predicted molar refractivity (Wildman–Crippen MR) is 39.7 cm³/mol. The Morgan fingerprint density at radius 3 is 2.45 bits per heavy atom. The van der Waals surface area contributed by atoms with Crippen molar-refractivity contribution in [3.8, 4) is 12.3 Å². The number of terminal acetylenes is 1. The van der Waals surface area contributed by atoms with Gasteiger partial charge in [0, 0.05) is 25.9 Å². The summed E-state index contributed by atoms with van der Waals surface area (Å²) in [5.41, 5.74) is 0. The molecular formula is C8H9NO2. The minimum atomic E-state index is -0.308. The second kappa shape index (κ2) is 3.20. The molecule has 11 heavy (non-hydrogen) atoms. The quantitative estimate of drug-likeness (QED) is 0.450. The normalized spacial score (nSPS) is 17.7. The number of likely N-dealkylation sites (tertiary alicyclic amines) is 1. The van der Waals surface area contributed by atoms with E-state index in [1.807, 2.05) is 5.92 Å². The highest BCUT2D eigenvalue weighted by molar-refractivity contribution is 5.94. The zero-order valence-electron chi connectivity index (χ0n) is 6.17. The van der Waals surface area contributed by atoms with Crippen LogP contribution >= 0.6 is 0 Å². The molecule has 0 spiro atoms. The molecule has 0 atom stereocenters. The van der Waals surface area contributed by atoms with E-state index >= 15 is 0 Å². The van der Waals surface area contributed by atoms with Crippen molar-refractivity contribution in [2.75, 3.05) is 13.1 Å². The van der Waals surface area contributed by atoms with Gasteiger partial charge in [-0.3, -0.25) is 9.59 Å². The second-order valence-electron chi connectivity index (χ2n) is 2.48. The summed E-state index contributed by atoms with van der Waals surface area (Å²) >= 11 is 0. The molecule has 1 rings (SSSR count). The number of Topliss-reactive ketones (excluding diaryl/α,β-unsaturated/α-hetero) is 1. The van der Waals surface area contributed by atoms with Gasteiger partial charge in [-0.1, -0.05) is 0 Å². The van der Waals surface area contributed by atoms with Gasteiger partial charge >= 0.3 is 0 Å². The summed E-state index contributed by atoms with van der Waals surface area (Å²) in [6.45, 7) is 0.976. The van der Waals surface area contributed by atoms with Crippen molar-refractivity contribution in [3.05, 3.63) is 0 Å². The third kappa shape index (κ3) is 1.81. The van der Waals surface area contributed by atoms with Crippen molar-refractivity contribution in [1.29, 1.82) is 0 Å². The van der Waals surface area contributed by atoms with E-state index < -0.39 is 0 Å². The van der Waals surface area contributed by atoms with Gasteiger partial charge in [0.2, 0.25) is 0 Å². The number of amides is 1. The van der Waals surface area contributed by atoms with Gasteiger partial charge < -0.3 is 4.90 Å². The number of piperidine rings is 1. The standard InChI is InChI=1S/C8H9NO2/c1-2-8(11)9-5-3-7(10)4-6-9/h1H,3-6H2. The first-order chi connectivity index (χ1) is 5.24. The molecule has 1 amide bonds. The fourth-order valence-electron chi connectivity index (χ4n) is 1.05. The Morgan fingerprint density at radius 2 is 2.00 bits per heavy atom. The molecule has 0 saturated carbocycles. The van der Waals surface area contributed by atoms with Crippen molar-refractivity contribution in [2.24, 2.45) is 0 Å². The van der Waals surface area contributed by atoms with Crippen LogP contribution in [-0.4, -0.2) is 29.7 Å². The summed E-state index contributed by atoms with van der Waals surface area (Å²) in [4.78, 5) is 23.1. The highest BCUT2D eigenvalue weighted by atomic mass is 16.2. The average Bonchev–Trinajstić information content (AvgIpc) is 2.05. The number of hydrogen-bond donors (Lipinski definition) is 0. The Labute approximate surface area is 65.4 Å². The fourth-order valence-corrected chi connectivity index (χ4v) is 1.05. The largest absolute Gasteiger partial charge is 0.331 e. The predicted octanol–water partition coefficient (Wildman–Crippen LogP) is -0.189. The summed E-state index contributed by atoms with van der Waals surface area (Å²) in [5.74, 6) is 1.93. The van der Waals surface area contributed by atoms with Crippen molar-refractivity contribution < 1.29 is 9.59 Å². The molecule has 0 radical (unpaired) electrons. The maximum absolute atomic E-state index is 10.9. The van der Waals surface area contributed by atoms with Crippen LogP contribution < -0.4 is 0 Å². The molecule has 1 fully saturated rings. The van der Waals surface area contributed by atoms with Crippen LogP contribution in [0.2, 0.25) is 0 Å². The van der Waals surface area contributed by atoms with E-state index in [1.165, 1.54) is 4.90 Å². The van der Waals surface area contributed by atoms with E-state index in [4.69, 9.17) is 6.42 Å². The summed E-state index contributed by atoms with van der Waals surface area (Å²) in [6, 6.07) is 0. The lowest BCUT2D eigenvalue weighted by Crippen LogP contribution is -2.37. The lowest BCUT2D eigenvalue weighted by atomic mass is 10.1. The van der Waals surface area contributed by atoms with Gasteiger partial charge in [0.15, 0.2) is 0 Å².